The van der Waals surface area contributed by atoms with Crippen LogP contribution in [0.3, 0.4) is 0 Å². The van der Waals surface area contributed by atoms with Gasteiger partial charge in [-0.15, -0.1) is 0 Å². The van der Waals surface area contributed by atoms with Crippen molar-refractivity contribution in [2.45, 2.75) is 65.2 Å². The first-order valence-corrected chi connectivity index (χ1v) is 12.5. The van der Waals surface area contributed by atoms with E-state index in [-0.39, 0.29) is 0 Å². The number of allylic oxidation sites excluding steroid dienone is 1. The summed E-state index contributed by atoms with van der Waals surface area (Å²) in [6.45, 7) is 5.35. The van der Waals surface area contributed by atoms with Crippen LogP contribution in [0.2, 0.25) is 0 Å². The number of benzene rings is 2. The maximum atomic E-state index is 12.3. The van der Waals surface area contributed by atoms with Crippen LogP contribution < -0.4 is 14.2 Å². The quantitative estimate of drug-likeness (QED) is 0.144. The van der Waals surface area contributed by atoms with E-state index in [2.05, 4.69) is 19.1 Å². The molecule has 0 amide bonds. The average molecular weight is 451 g/mol. The third-order valence-corrected chi connectivity index (χ3v) is 6.30. The van der Waals surface area contributed by atoms with E-state index >= 15 is 0 Å². The van der Waals surface area contributed by atoms with Crippen LogP contribution >= 0.6 is 0 Å². The van der Waals surface area contributed by atoms with Crippen LogP contribution in [0.15, 0.2) is 60.7 Å². The summed E-state index contributed by atoms with van der Waals surface area (Å²) in [7, 11) is 0. The molecule has 0 radical (unpaired) electrons. The SMILES string of the molecule is CCCCCC1CCC(/C=C/COc2ccc(OC(=O)c3ccc(OCC)cc3)cc2)CC1. The van der Waals surface area contributed by atoms with Gasteiger partial charge < -0.3 is 14.2 Å². The van der Waals surface area contributed by atoms with Crippen molar-refractivity contribution in [1.82, 2.24) is 0 Å². The summed E-state index contributed by atoms with van der Waals surface area (Å²) < 4.78 is 16.7. The highest BCUT2D eigenvalue weighted by atomic mass is 16.5. The van der Waals surface area contributed by atoms with Gasteiger partial charge in [-0.3, -0.25) is 0 Å². The largest absolute Gasteiger partial charge is 0.494 e. The minimum Gasteiger partial charge on any atom is -0.494 e. The number of carbonyl (C=O) groups excluding carboxylic acids is 1. The minimum atomic E-state index is -0.394. The Balaban J connectivity index is 1.36. The van der Waals surface area contributed by atoms with Crippen molar-refractivity contribution < 1.29 is 19.0 Å². The Morgan fingerprint density at radius 2 is 1.48 bits per heavy atom. The average Bonchev–Trinajstić information content (AvgIpc) is 2.84. The molecular weight excluding hydrogens is 412 g/mol. The summed E-state index contributed by atoms with van der Waals surface area (Å²) >= 11 is 0. The molecule has 1 aliphatic carbocycles. The van der Waals surface area contributed by atoms with Gasteiger partial charge in [-0.25, -0.2) is 4.79 Å². The molecule has 4 nitrogen and oxygen atoms in total. The lowest BCUT2D eigenvalue weighted by Crippen LogP contribution is -2.13. The van der Waals surface area contributed by atoms with Gasteiger partial charge >= 0.3 is 5.97 Å². The van der Waals surface area contributed by atoms with E-state index in [9.17, 15) is 4.79 Å². The molecule has 2 aromatic carbocycles. The van der Waals surface area contributed by atoms with E-state index in [0.717, 1.165) is 17.4 Å². The number of hydrogen-bond acceptors (Lipinski definition) is 4. The van der Waals surface area contributed by atoms with Gasteiger partial charge in [-0.2, -0.15) is 0 Å². The first kappa shape index (κ1) is 24.9. The number of hydrogen-bond donors (Lipinski definition) is 0. The second kappa shape index (κ2) is 13.7. The number of rotatable bonds is 12. The van der Waals surface area contributed by atoms with Crippen molar-refractivity contribution in [2.75, 3.05) is 13.2 Å². The molecule has 1 saturated carbocycles. The zero-order chi connectivity index (χ0) is 23.3. The summed E-state index contributed by atoms with van der Waals surface area (Å²) in [4.78, 5) is 12.3. The molecule has 178 valence electrons. The molecule has 0 atom stereocenters. The molecule has 4 heteroatoms. The Labute approximate surface area is 198 Å². The normalized spacial score (nSPS) is 18.2. The van der Waals surface area contributed by atoms with E-state index in [1.54, 1.807) is 36.4 Å². The molecule has 2 aromatic rings. The van der Waals surface area contributed by atoms with Gasteiger partial charge in [0.2, 0.25) is 0 Å². The highest BCUT2D eigenvalue weighted by molar-refractivity contribution is 5.91. The second-order valence-corrected chi connectivity index (χ2v) is 8.83. The van der Waals surface area contributed by atoms with Gasteiger partial charge in [0.05, 0.1) is 12.2 Å². The van der Waals surface area contributed by atoms with Gasteiger partial charge in [-0.05, 0) is 93.0 Å². The molecule has 0 spiro atoms. The van der Waals surface area contributed by atoms with Gasteiger partial charge in [0, 0.05) is 0 Å². The maximum Gasteiger partial charge on any atom is 0.343 e. The lowest BCUT2D eigenvalue weighted by atomic mass is 9.79. The third-order valence-electron chi connectivity index (χ3n) is 6.30. The minimum absolute atomic E-state index is 0.394. The summed E-state index contributed by atoms with van der Waals surface area (Å²) in [5.41, 5.74) is 0.485. The standard InChI is InChI=1S/C29H38O4/c1-3-5-6-8-23-10-12-24(13-11-23)9-7-22-32-27-18-20-28(21-19-27)33-29(30)25-14-16-26(17-15-25)31-4-2/h7,9,14-21,23-24H,3-6,8,10-13,22H2,1-2H3/b9-7+. The highest BCUT2D eigenvalue weighted by Crippen LogP contribution is 2.32. The molecule has 0 unspecified atom stereocenters. The fraction of sp³-hybridized carbons (Fsp3) is 0.483. The topological polar surface area (TPSA) is 44.8 Å². The molecular formula is C29H38O4. The molecule has 0 bridgehead atoms. The van der Waals surface area contributed by atoms with E-state index < -0.39 is 5.97 Å². The maximum absolute atomic E-state index is 12.3. The third kappa shape index (κ3) is 8.60. The van der Waals surface area contributed by atoms with Crippen LogP contribution in [0, 0.1) is 11.8 Å². The molecule has 3 rings (SSSR count). The molecule has 0 heterocycles. The Hall–Kier alpha value is -2.75. The lowest BCUT2D eigenvalue weighted by molar-refractivity contribution is 0.0734. The monoisotopic (exact) mass is 450 g/mol. The molecule has 0 saturated heterocycles. The Morgan fingerprint density at radius 1 is 0.848 bits per heavy atom. The molecule has 0 aromatic heterocycles. The van der Waals surface area contributed by atoms with Crippen molar-refractivity contribution in [3.63, 3.8) is 0 Å². The van der Waals surface area contributed by atoms with Crippen LogP contribution in [0.25, 0.3) is 0 Å². The first-order chi connectivity index (χ1) is 16.2. The van der Waals surface area contributed by atoms with Crippen LogP contribution in [0.5, 0.6) is 17.2 Å². The van der Waals surface area contributed by atoms with Crippen LogP contribution in [-0.2, 0) is 0 Å². The Morgan fingerprint density at radius 3 is 2.15 bits per heavy atom. The van der Waals surface area contributed by atoms with E-state index in [1.165, 1.54) is 51.4 Å². The molecule has 1 aliphatic rings. The van der Waals surface area contributed by atoms with Crippen molar-refractivity contribution in [1.29, 1.82) is 0 Å². The van der Waals surface area contributed by atoms with Crippen molar-refractivity contribution in [3.8, 4) is 17.2 Å². The molecule has 1 fully saturated rings. The molecule has 33 heavy (non-hydrogen) atoms. The van der Waals surface area contributed by atoms with Gasteiger partial charge in [0.15, 0.2) is 0 Å². The zero-order valence-electron chi connectivity index (χ0n) is 20.1. The van der Waals surface area contributed by atoms with Crippen LogP contribution in [0.1, 0.15) is 75.6 Å². The van der Waals surface area contributed by atoms with Crippen LogP contribution in [-0.4, -0.2) is 19.2 Å². The van der Waals surface area contributed by atoms with E-state index in [4.69, 9.17) is 14.2 Å². The van der Waals surface area contributed by atoms with Crippen molar-refractivity contribution >= 4 is 5.97 Å². The second-order valence-electron chi connectivity index (χ2n) is 8.83. The predicted molar refractivity (Wildman–Crippen MR) is 133 cm³/mol. The lowest BCUT2D eigenvalue weighted by Gasteiger charge is -2.26. The fourth-order valence-electron chi connectivity index (χ4n) is 4.37. The summed E-state index contributed by atoms with van der Waals surface area (Å²) in [5.74, 6) is 3.24. The number of unbranched alkanes of at least 4 members (excludes halogenated alkanes) is 2. The number of esters is 1. The van der Waals surface area contributed by atoms with Gasteiger partial charge in [-0.1, -0.05) is 44.8 Å². The smallest absolute Gasteiger partial charge is 0.343 e. The fourth-order valence-corrected chi connectivity index (χ4v) is 4.37. The Kier molecular flexibility index (Phi) is 10.3. The summed E-state index contributed by atoms with van der Waals surface area (Å²) in [6.07, 6.45) is 15.3. The predicted octanol–water partition coefficient (Wildman–Crippen LogP) is 7.63. The van der Waals surface area contributed by atoms with E-state index in [0.29, 0.717) is 30.4 Å². The first-order valence-electron chi connectivity index (χ1n) is 12.5. The molecule has 0 aliphatic heterocycles. The number of carbonyl (C=O) groups is 1. The summed E-state index contributed by atoms with van der Waals surface area (Å²) in [6, 6.07) is 14.1. The summed E-state index contributed by atoms with van der Waals surface area (Å²) in [5, 5.41) is 0. The zero-order valence-corrected chi connectivity index (χ0v) is 20.1. The highest BCUT2D eigenvalue weighted by Gasteiger charge is 2.18. The number of ether oxygens (including phenoxy) is 3. The Bertz CT molecular complexity index is 846. The van der Waals surface area contributed by atoms with E-state index in [1.807, 2.05) is 19.1 Å². The van der Waals surface area contributed by atoms with Crippen molar-refractivity contribution in [2.24, 2.45) is 11.8 Å². The van der Waals surface area contributed by atoms with Crippen LogP contribution in [0.4, 0.5) is 0 Å². The molecule has 0 N–H and O–H groups in total. The van der Waals surface area contributed by atoms with Gasteiger partial charge in [0.1, 0.15) is 23.9 Å². The van der Waals surface area contributed by atoms with Crippen molar-refractivity contribution in [3.05, 3.63) is 66.2 Å². The van der Waals surface area contributed by atoms with Gasteiger partial charge in [0.25, 0.3) is 0 Å².